The van der Waals surface area contributed by atoms with E-state index in [9.17, 15) is 9.59 Å². The van der Waals surface area contributed by atoms with Crippen LogP contribution in [0.3, 0.4) is 0 Å². The van der Waals surface area contributed by atoms with Gasteiger partial charge in [0.25, 0.3) is 11.5 Å². The Labute approximate surface area is 170 Å². The molecule has 0 fully saturated rings. The highest BCUT2D eigenvalue weighted by atomic mass is 32.1. The zero-order valence-corrected chi connectivity index (χ0v) is 16.8. The summed E-state index contributed by atoms with van der Waals surface area (Å²) < 4.78 is 12.4. The second-order valence-electron chi connectivity index (χ2n) is 6.27. The zero-order chi connectivity index (χ0) is 20.4. The SMILES string of the molecule is CCOc1ccc(CNC(=O)c2cc(=O)n3c(nc4ccccc43)s2)cc1OC. The molecule has 148 valence electrons. The summed E-state index contributed by atoms with van der Waals surface area (Å²) in [4.78, 5) is 30.4. The lowest BCUT2D eigenvalue weighted by atomic mass is 10.2. The van der Waals surface area contributed by atoms with Crippen LogP contribution in [0.1, 0.15) is 22.2 Å². The van der Waals surface area contributed by atoms with Crippen LogP contribution in [-0.4, -0.2) is 29.0 Å². The number of nitrogens with one attached hydrogen (secondary N) is 1. The molecule has 0 aliphatic carbocycles. The molecule has 0 aliphatic heterocycles. The van der Waals surface area contributed by atoms with Crippen LogP contribution in [0.15, 0.2) is 53.3 Å². The lowest BCUT2D eigenvalue weighted by molar-refractivity contribution is 0.0954. The first-order chi connectivity index (χ1) is 14.1. The van der Waals surface area contributed by atoms with Crippen LogP contribution in [0.4, 0.5) is 0 Å². The first-order valence-corrected chi connectivity index (χ1v) is 9.91. The summed E-state index contributed by atoms with van der Waals surface area (Å²) in [7, 11) is 1.57. The quantitative estimate of drug-likeness (QED) is 0.529. The van der Waals surface area contributed by atoms with Crippen LogP contribution in [0.25, 0.3) is 16.0 Å². The van der Waals surface area contributed by atoms with Gasteiger partial charge in [-0.05, 0) is 36.8 Å². The van der Waals surface area contributed by atoms with Crippen molar-refractivity contribution in [1.29, 1.82) is 0 Å². The summed E-state index contributed by atoms with van der Waals surface area (Å²) >= 11 is 1.18. The van der Waals surface area contributed by atoms with Gasteiger partial charge in [-0.25, -0.2) is 4.98 Å². The summed E-state index contributed by atoms with van der Waals surface area (Å²) in [6.45, 7) is 2.74. The number of para-hydroxylation sites is 2. The van der Waals surface area contributed by atoms with Crippen molar-refractivity contribution < 1.29 is 14.3 Å². The number of ether oxygens (including phenoxy) is 2. The summed E-state index contributed by atoms with van der Waals surface area (Å²) in [5.41, 5.74) is 2.04. The van der Waals surface area contributed by atoms with Gasteiger partial charge in [0, 0.05) is 12.6 Å². The van der Waals surface area contributed by atoms with Gasteiger partial charge in [-0.2, -0.15) is 0 Å². The monoisotopic (exact) mass is 409 g/mol. The van der Waals surface area contributed by atoms with Crippen molar-refractivity contribution in [2.45, 2.75) is 13.5 Å². The normalized spacial score (nSPS) is 11.0. The van der Waals surface area contributed by atoms with E-state index in [-0.39, 0.29) is 11.5 Å². The highest BCUT2D eigenvalue weighted by Crippen LogP contribution is 2.28. The summed E-state index contributed by atoms with van der Waals surface area (Å²) in [6.07, 6.45) is 0. The third kappa shape index (κ3) is 3.66. The van der Waals surface area contributed by atoms with E-state index in [1.165, 1.54) is 21.8 Å². The van der Waals surface area contributed by atoms with Crippen LogP contribution < -0.4 is 20.3 Å². The van der Waals surface area contributed by atoms with Crippen LogP contribution in [0.2, 0.25) is 0 Å². The molecule has 4 rings (SSSR count). The molecule has 2 aromatic carbocycles. The Morgan fingerprint density at radius 2 is 2.00 bits per heavy atom. The topological polar surface area (TPSA) is 81.9 Å². The number of nitrogens with zero attached hydrogens (tertiary/aromatic N) is 2. The molecule has 2 aromatic heterocycles. The highest BCUT2D eigenvalue weighted by molar-refractivity contribution is 7.18. The van der Waals surface area contributed by atoms with E-state index in [1.54, 1.807) is 7.11 Å². The van der Waals surface area contributed by atoms with Gasteiger partial charge in [0.15, 0.2) is 16.5 Å². The van der Waals surface area contributed by atoms with E-state index in [4.69, 9.17) is 9.47 Å². The number of amides is 1. The number of aromatic nitrogens is 2. The van der Waals surface area contributed by atoms with Crippen LogP contribution in [0.5, 0.6) is 11.5 Å². The van der Waals surface area contributed by atoms with Gasteiger partial charge in [0.05, 0.1) is 24.8 Å². The average Bonchev–Trinajstić information content (AvgIpc) is 3.11. The number of methoxy groups -OCH3 is 1. The predicted octanol–water partition coefficient (Wildman–Crippen LogP) is 3.25. The fraction of sp³-hybridized carbons (Fsp3) is 0.190. The molecule has 0 saturated carbocycles. The fourth-order valence-electron chi connectivity index (χ4n) is 3.07. The van der Waals surface area contributed by atoms with Gasteiger partial charge in [-0.15, -0.1) is 0 Å². The fourth-order valence-corrected chi connectivity index (χ4v) is 4.01. The van der Waals surface area contributed by atoms with Crippen molar-refractivity contribution in [2.75, 3.05) is 13.7 Å². The third-order valence-corrected chi connectivity index (χ3v) is 5.39. The molecule has 0 unspecified atom stereocenters. The lowest BCUT2D eigenvalue weighted by Crippen LogP contribution is -2.24. The summed E-state index contributed by atoms with van der Waals surface area (Å²) in [5, 5.41) is 2.84. The Morgan fingerprint density at radius 3 is 2.79 bits per heavy atom. The molecule has 0 saturated heterocycles. The van der Waals surface area contributed by atoms with Gasteiger partial charge in [0.1, 0.15) is 4.88 Å². The molecular formula is C21H19N3O4S. The molecule has 29 heavy (non-hydrogen) atoms. The van der Waals surface area contributed by atoms with Crippen molar-refractivity contribution in [3.63, 3.8) is 0 Å². The Hall–Kier alpha value is -3.39. The van der Waals surface area contributed by atoms with Crippen molar-refractivity contribution in [3.05, 3.63) is 69.3 Å². The van der Waals surface area contributed by atoms with E-state index >= 15 is 0 Å². The molecule has 7 nitrogen and oxygen atoms in total. The number of fused-ring (bicyclic) bond motifs is 3. The van der Waals surface area contributed by atoms with E-state index in [0.29, 0.717) is 34.5 Å². The second kappa shape index (κ2) is 7.92. The zero-order valence-electron chi connectivity index (χ0n) is 16.0. The van der Waals surface area contributed by atoms with Crippen LogP contribution >= 0.6 is 11.3 Å². The maximum Gasteiger partial charge on any atom is 0.261 e. The minimum absolute atomic E-state index is 0.277. The third-order valence-electron chi connectivity index (χ3n) is 4.41. The maximum atomic E-state index is 12.6. The number of rotatable bonds is 6. The predicted molar refractivity (Wildman–Crippen MR) is 112 cm³/mol. The van der Waals surface area contributed by atoms with Gasteiger partial charge >= 0.3 is 0 Å². The van der Waals surface area contributed by atoms with Crippen LogP contribution in [-0.2, 0) is 6.54 Å². The first kappa shape index (κ1) is 18.9. The number of carbonyl (C=O) groups excluding carboxylic acids is 1. The Kier molecular flexibility index (Phi) is 5.18. The Morgan fingerprint density at radius 1 is 1.17 bits per heavy atom. The minimum atomic E-state index is -0.325. The van der Waals surface area contributed by atoms with Gasteiger partial charge in [0.2, 0.25) is 0 Å². The standard InChI is InChI=1S/C21H19N3O4S/c1-3-28-16-9-8-13(10-17(16)27-2)12-22-20(26)18-11-19(25)24-15-7-5-4-6-14(15)23-21(24)29-18/h4-11H,3,12H2,1-2H3,(H,22,26). The largest absolute Gasteiger partial charge is 0.493 e. The van der Waals surface area contributed by atoms with Crippen molar-refractivity contribution in [2.24, 2.45) is 0 Å². The summed E-state index contributed by atoms with van der Waals surface area (Å²) in [6, 6.07) is 14.2. The molecule has 8 heteroatoms. The first-order valence-electron chi connectivity index (χ1n) is 9.10. The van der Waals surface area contributed by atoms with E-state index in [0.717, 1.165) is 16.6 Å². The van der Waals surface area contributed by atoms with Gasteiger partial charge in [-0.1, -0.05) is 29.5 Å². The molecule has 1 amide bonds. The minimum Gasteiger partial charge on any atom is -0.493 e. The molecule has 1 N–H and O–H groups in total. The number of imidazole rings is 1. The Balaban J connectivity index is 1.56. The molecule has 4 aromatic rings. The molecular weight excluding hydrogens is 390 g/mol. The van der Waals surface area contributed by atoms with E-state index < -0.39 is 0 Å². The van der Waals surface area contributed by atoms with Crippen molar-refractivity contribution in [1.82, 2.24) is 14.7 Å². The molecule has 2 heterocycles. The number of hydrogen-bond donors (Lipinski definition) is 1. The smallest absolute Gasteiger partial charge is 0.261 e. The second-order valence-corrected chi connectivity index (χ2v) is 7.28. The van der Waals surface area contributed by atoms with E-state index in [2.05, 4.69) is 10.3 Å². The molecule has 0 radical (unpaired) electrons. The van der Waals surface area contributed by atoms with Gasteiger partial charge in [-0.3, -0.25) is 14.0 Å². The maximum absolute atomic E-state index is 12.6. The lowest BCUT2D eigenvalue weighted by Gasteiger charge is -2.11. The Bertz CT molecular complexity index is 1260. The van der Waals surface area contributed by atoms with Gasteiger partial charge < -0.3 is 14.8 Å². The molecule has 0 atom stereocenters. The highest BCUT2D eigenvalue weighted by Gasteiger charge is 2.14. The van der Waals surface area contributed by atoms with Crippen LogP contribution in [0, 0.1) is 0 Å². The number of carbonyl (C=O) groups is 1. The molecule has 0 aliphatic rings. The average molecular weight is 409 g/mol. The molecule has 0 bridgehead atoms. The van der Waals surface area contributed by atoms with E-state index in [1.807, 2.05) is 49.4 Å². The molecule has 0 spiro atoms. The van der Waals surface area contributed by atoms with Crippen molar-refractivity contribution in [3.8, 4) is 11.5 Å². The summed E-state index contributed by atoms with van der Waals surface area (Å²) in [5.74, 6) is 0.934. The van der Waals surface area contributed by atoms with Crippen molar-refractivity contribution >= 4 is 33.2 Å². The number of hydrogen-bond acceptors (Lipinski definition) is 6. The number of benzene rings is 2.